The van der Waals surface area contributed by atoms with E-state index in [0.717, 1.165) is 6.07 Å². The van der Waals surface area contributed by atoms with Gasteiger partial charge in [-0.15, -0.1) is 0 Å². The molecule has 0 spiro atoms. The maximum atomic E-state index is 14.0. The molecular formula is C20H19Cl2FO6. The molecule has 0 aromatic heterocycles. The van der Waals surface area contributed by atoms with Gasteiger partial charge in [-0.1, -0.05) is 44.0 Å². The Hall–Kier alpha value is -2.51. The van der Waals surface area contributed by atoms with Crippen LogP contribution in [-0.4, -0.2) is 33.5 Å². The van der Waals surface area contributed by atoms with Gasteiger partial charge in [0, 0.05) is 17.5 Å². The quantitative estimate of drug-likeness (QED) is 0.410. The minimum Gasteiger partial charge on any atom is -0.504 e. The van der Waals surface area contributed by atoms with Crippen molar-refractivity contribution < 1.29 is 34.0 Å². The molecule has 0 amide bonds. The summed E-state index contributed by atoms with van der Waals surface area (Å²) in [5.74, 6) is -5.44. The van der Waals surface area contributed by atoms with Crippen LogP contribution in [0.15, 0.2) is 18.2 Å². The molecule has 2 aromatic carbocycles. The fraction of sp³-hybridized carbons (Fsp3) is 0.300. The number of carbonyl (C=O) groups excluding carboxylic acids is 2. The van der Waals surface area contributed by atoms with Gasteiger partial charge in [-0.2, -0.15) is 0 Å². The van der Waals surface area contributed by atoms with Gasteiger partial charge in [-0.05, 0) is 12.1 Å². The molecule has 0 aliphatic carbocycles. The Balaban J connectivity index is 2.28. The number of rotatable bonds is 7. The number of hydrogen-bond donors (Lipinski definition) is 3. The number of ether oxygens (including phenoxy) is 1. The fourth-order valence-electron chi connectivity index (χ4n) is 2.50. The van der Waals surface area contributed by atoms with E-state index in [1.54, 1.807) is 13.8 Å². The summed E-state index contributed by atoms with van der Waals surface area (Å²) in [4.78, 5) is 24.8. The summed E-state index contributed by atoms with van der Waals surface area (Å²) in [5, 5.41) is 28.6. The summed E-state index contributed by atoms with van der Waals surface area (Å²) >= 11 is 12.2. The van der Waals surface area contributed by atoms with E-state index < -0.39 is 40.3 Å². The van der Waals surface area contributed by atoms with Gasteiger partial charge in [0.1, 0.15) is 5.82 Å². The predicted octanol–water partition coefficient (Wildman–Crippen LogP) is 4.99. The Kier molecular flexibility index (Phi) is 6.97. The van der Waals surface area contributed by atoms with Crippen LogP contribution in [0.3, 0.4) is 0 Å². The van der Waals surface area contributed by atoms with Crippen LogP contribution in [0.1, 0.15) is 41.5 Å². The third kappa shape index (κ3) is 4.74. The average Bonchev–Trinajstić information content (AvgIpc) is 2.66. The number of phenols is 3. The van der Waals surface area contributed by atoms with Crippen LogP contribution in [0.25, 0.3) is 0 Å². The highest BCUT2D eigenvalue weighted by Crippen LogP contribution is 2.43. The monoisotopic (exact) mass is 444 g/mol. The van der Waals surface area contributed by atoms with Crippen molar-refractivity contribution >= 4 is 34.8 Å². The van der Waals surface area contributed by atoms with Crippen LogP contribution in [0.5, 0.6) is 23.0 Å². The Bertz CT molecular complexity index is 974. The van der Waals surface area contributed by atoms with Crippen LogP contribution in [0.2, 0.25) is 10.0 Å². The number of ketones is 2. The van der Waals surface area contributed by atoms with Crippen molar-refractivity contribution in [1.29, 1.82) is 0 Å². The zero-order chi connectivity index (χ0) is 22.0. The Morgan fingerprint density at radius 3 is 2.17 bits per heavy atom. The Labute approximate surface area is 176 Å². The summed E-state index contributed by atoms with van der Waals surface area (Å²) in [6.45, 7) is 4.44. The van der Waals surface area contributed by atoms with Gasteiger partial charge in [-0.25, -0.2) is 4.39 Å². The van der Waals surface area contributed by atoms with Crippen molar-refractivity contribution in [2.45, 2.75) is 20.8 Å². The first-order valence-corrected chi connectivity index (χ1v) is 9.34. The zero-order valence-electron chi connectivity index (χ0n) is 15.8. The lowest BCUT2D eigenvalue weighted by atomic mass is 9.99. The van der Waals surface area contributed by atoms with E-state index in [-0.39, 0.29) is 39.7 Å². The largest absolute Gasteiger partial charge is 0.504 e. The third-order valence-electron chi connectivity index (χ3n) is 4.19. The molecule has 0 saturated heterocycles. The van der Waals surface area contributed by atoms with Gasteiger partial charge in [0.15, 0.2) is 34.6 Å². The van der Waals surface area contributed by atoms with Crippen molar-refractivity contribution in [2.24, 2.45) is 11.8 Å². The van der Waals surface area contributed by atoms with Crippen molar-refractivity contribution in [3.05, 3.63) is 45.2 Å². The minimum atomic E-state index is -1.01. The Morgan fingerprint density at radius 1 is 1.00 bits per heavy atom. The van der Waals surface area contributed by atoms with E-state index in [1.807, 2.05) is 0 Å². The number of aromatic hydroxyl groups is 3. The molecule has 9 heteroatoms. The first-order valence-electron chi connectivity index (χ1n) is 8.59. The highest BCUT2D eigenvalue weighted by Gasteiger charge is 2.26. The number of phenolic OH excluding ortho intramolecular Hbond substituents is 3. The molecule has 1 unspecified atom stereocenters. The molecule has 0 heterocycles. The van der Waals surface area contributed by atoms with Crippen LogP contribution in [0, 0.1) is 17.7 Å². The van der Waals surface area contributed by atoms with Gasteiger partial charge in [-0.3, -0.25) is 9.59 Å². The molecule has 0 aliphatic heterocycles. The van der Waals surface area contributed by atoms with Crippen LogP contribution < -0.4 is 4.74 Å². The highest BCUT2D eigenvalue weighted by molar-refractivity contribution is 6.38. The number of carbonyl (C=O) groups is 2. The first-order chi connectivity index (χ1) is 13.5. The second kappa shape index (κ2) is 8.88. The predicted molar refractivity (Wildman–Crippen MR) is 106 cm³/mol. The Morgan fingerprint density at radius 2 is 1.59 bits per heavy atom. The lowest BCUT2D eigenvalue weighted by Crippen LogP contribution is -2.20. The topological polar surface area (TPSA) is 104 Å². The first kappa shape index (κ1) is 22.8. The van der Waals surface area contributed by atoms with Crippen molar-refractivity contribution in [3.63, 3.8) is 0 Å². The normalized spacial score (nSPS) is 12.1. The van der Waals surface area contributed by atoms with E-state index in [4.69, 9.17) is 27.9 Å². The van der Waals surface area contributed by atoms with Crippen LogP contribution in [0.4, 0.5) is 4.39 Å². The molecule has 156 valence electrons. The molecule has 0 radical (unpaired) electrons. The summed E-state index contributed by atoms with van der Waals surface area (Å²) in [7, 11) is 0. The molecule has 2 rings (SSSR count). The SMILES string of the molecule is CC(C)C(=O)c1cc(Cl)c(O)c(OCC(C)C(=O)c2cc(O)c(O)cc2F)c1Cl. The summed E-state index contributed by atoms with van der Waals surface area (Å²) < 4.78 is 19.4. The fourth-order valence-corrected chi connectivity index (χ4v) is 2.99. The van der Waals surface area contributed by atoms with E-state index >= 15 is 0 Å². The van der Waals surface area contributed by atoms with Crippen molar-refractivity contribution in [2.75, 3.05) is 6.61 Å². The summed E-state index contributed by atoms with van der Waals surface area (Å²) in [6.07, 6.45) is 0. The molecule has 0 aliphatic rings. The molecule has 2 aromatic rings. The van der Waals surface area contributed by atoms with Crippen LogP contribution >= 0.6 is 23.2 Å². The number of halogens is 3. The molecular weight excluding hydrogens is 426 g/mol. The van der Waals surface area contributed by atoms with Gasteiger partial charge in [0.25, 0.3) is 0 Å². The van der Waals surface area contributed by atoms with Gasteiger partial charge in [0.05, 0.1) is 28.1 Å². The number of hydrogen-bond acceptors (Lipinski definition) is 6. The lowest BCUT2D eigenvalue weighted by molar-refractivity contribution is 0.0880. The molecule has 29 heavy (non-hydrogen) atoms. The molecule has 0 saturated carbocycles. The summed E-state index contributed by atoms with van der Waals surface area (Å²) in [5.41, 5.74) is -0.374. The zero-order valence-corrected chi connectivity index (χ0v) is 17.3. The minimum absolute atomic E-state index is 0.0629. The second-order valence-electron chi connectivity index (χ2n) is 6.81. The van der Waals surface area contributed by atoms with E-state index in [0.29, 0.717) is 6.07 Å². The maximum Gasteiger partial charge on any atom is 0.181 e. The van der Waals surface area contributed by atoms with Crippen molar-refractivity contribution in [3.8, 4) is 23.0 Å². The molecule has 0 fully saturated rings. The second-order valence-corrected chi connectivity index (χ2v) is 7.60. The van der Waals surface area contributed by atoms with Gasteiger partial charge < -0.3 is 20.1 Å². The standard InChI is InChI=1S/C20H19Cl2FO6/c1-8(2)17(26)11-4-12(21)19(28)20(16(11)22)29-7-9(3)18(27)10-5-14(24)15(25)6-13(10)23/h4-6,8-9,24-25,28H,7H2,1-3H3. The molecule has 6 nitrogen and oxygen atoms in total. The summed E-state index contributed by atoms with van der Waals surface area (Å²) in [6, 6.07) is 2.67. The van der Waals surface area contributed by atoms with E-state index in [9.17, 15) is 29.3 Å². The van der Waals surface area contributed by atoms with Crippen molar-refractivity contribution in [1.82, 2.24) is 0 Å². The van der Waals surface area contributed by atoms with E-state index in [2.05, 4.69) is 0 Å². The molecule has 0 bridgehead atoms. The van der Waals surface area contributed by atoms with Gasteiger partial charge >= 0.3 is 0 Å². The van der Waals surface area contributed by atoms with E-state index in [1.165, 1.54) is 13.0 Å². The van der Waals surface area contributed by atoms with Crippen LogP contribution in [-0.2, 0) is 0 Å². The molecule has 3 N–H and O–H groups in total. The van der Waals surface area contributed by atoms with Gasteiger partial charge in [0.2, 0.25) is 0 Å². The number of benzene rings is 2. The average molecular weight is 445 g/mol. The highest BCUT2D eigenvalue weighted by atomic mass is 35.5. The third-order valence-corrected chi connectivity index (χ3v) is 4.86. The molecule has 1 atom stereocenters. The number of Topliss-reactive ketones (excluding diaryl/α,β-unsaturated/α-hetero) is 2. The maximum absolute atomic E-state index is 14.0. The smallest absolute Gasteiger partial charge is 0.181 e. The lowest BCUT2D eigenvalue weighted by Gasteiger charge is -2.17.